The van der Waals surface area contributed by atoms with Gasteiger partial charge in [0, 0.05) is 24.5 Å². The highest BCUT2D eigenvalue weighted by atomic mass is 16.5. The molecule has 3 rings (SSSR count). The number of hydrogen-bond donors (Lipinski definition) is 2. The maximum absolute atomic E-state index is 12.8. The fraction of sp³-hybridized carbons (Fsp3) is 0.524. The number of urea groups is 1. The van der Waals surface area contributed by atoms with Crippen molar-refractivity contribution in [2.24, 2.45) is 0 Å². The van der Waals surface area contributed by atoms with Crippen molar-refractivity contribution < 1.29 is 14.3 Å². The van der Waals surface area contributed by atoms with Gasteiger partial charge >= 0.3 is 12.0 Å². The van der Waals surface area contributed by atoms with E-state index in [1.807, 2.05) is 32.9 Å². The Morgan fingerprint density at radius 2 is 1.89 bits per heavy atom. The van der Waals surface area contributed by atoms with E-state index in [9.17, 15) is 9.59 Å². The van der Waals surface area contributed by atoms with E-state index in [-0.39, 0.29) is 18.1 Å². The smallest absolute Gasteiger partial charge is 0.338 e. The molecule has 1 aromatic rings. The predicted molar refractivity (Wildman–Crippen MR) is 105 cm³/mol. The van der Waals surface area contributed by atoms with Crippen LogP contribution in [0.25, 0.3) is 0 Å². The molecule has 146 valence electrons. The first-order chi connectivity index (χ1) is 13.0. The van der Waals surface area contributed by atoms with Crippen molar-refractivity contribution in [3.05, 3.63) is 41.1 Å². The Kier molecular flexibility index (Phi) is 6.04. The second kappa shape index (κ2) is 8.46. The van der Waals surface area contributed by atoms with Crippen LogP contribution in [-0.2, 0) is 9.53 Å². The molecule has 1 atom stereocenters. The summed E-state index contributed by atoms with van der Waals surface area (Å²) < 4.78 is 5.46. The minimum atomic E-state index is -0.501. The molecule has 0 aromatic heterocycles. The molecule has 2 aliphatic rings. The fourth-order valence-electron chi connectivity index (χ4n) is 3.69. The lowest BCUT2D eigenvalue weighted by molar-refractivity contribution is -0.143. The summed E-state index contributed by atoms with van der Waals surface area (Å²) in [5, 5.41) is 5.69. The van der Waals surface area contributed by atoms with E-state index in [0.717, 1.165) is 25.1 Å². The van der Waals surface area contributed by atoms with Crippen LogP contribution in [0, 0.1) is 0 Å². The number of esters is 1. The Labute approximate surface area is 161 Å². The normalized spacial score (nSPS) is 19.9. The maximum atomic E-state index is 12.8. The van der Waals surface area contributed by atoms with Gasteiger partial charge < -0.3 is 20.3 Å². The van der Waals surface area contributed by atoms with Crippen LogP contribution < -0.4 is 15.5 Å². The summed E-state index contributed by atoms with van der Waals surface area (Å²) in [6, 6.07) is 7.35. The van der Waals surface area contributed by atoms with Gasteiger partial charge in [0.1, 0.15) is 0 Å². The monoisotopic (exact) mass is 371 g/mol. The van der Waals surface area contributed by atoms with E-state index in [2.05, 4.69) is 27.7 Å². The van der Waals surface area contributed by atoms with E-state index in [1.165, 1.54) is 18.5 Å². The summed E-state index contributed by atoms with van der Waals surface area (Å²) >= 11 is 0. The first-order valence-electron chi connectivity index (χ1n) is 9.86. The summed E-state index contributed by atoms with van der Waals surface area (Å²) in [4.78, 5) is 27.3. The van der Waals surface area contributed by atoms with Crippen LogP contribution in [0.1, 0.15) is 58.1 Å². The lowest BCUT2D eigenvalue weighted by Gasteiger charge is -2.30. The van der Waals surface area contributed by atoms with E-state index >= 15 is 0 Å². The Morgan fingerprint density at radius 1 is 1.22 bits per heavy atom. The number of anilines is 1. The maximum Gasteiger partial charge on any atom is 0.338 e. The van der Waals surface area contributed by atoms with Gasteiger partial charge in [-0.1, -0.05) is 25.5 Å². The van der Waals surface area contributed by atoms with Gasteiger partial charge in [-0.25, -0.2) is 9.59 Å². The van der Waals surface area contributed by atoms with E-state index in [4.69, 9.17) is 4.74 Å². The average molecular weight is 371 g/mol. The molecule has 6 nitrogen and oxygen atoms in total. The molecule has 27 heavy (non-hydrogen) atoms. The van der Waals surface area contributed by atoms with Crippen LogP contribution in [0.3, 0.4) is 0 Å². The molecule has 1 saturated heterocycles. The second-order valence-electron chi connectivity index (χ2n) is 7.41. The Balaban J connectivity index is 1.93. The second-order valence-corrected chi connectivity index (χ2v) is 7.41. The summed E-state index contributed by atoms with van der Waals surface area (Å²) in [5.74, 6) is -0.380. The number of carbonyl (C=O) groups excluding carboxylic acids is 2. The summed E-state index contributed by atoms with van der Waals surface area (Å²) in [6.45, 7) is 7.83. The molecule has 2 amide bonds. The molecule has 0 spiro atoms. The Morgan fingerprint density at radius 3 is 2.48 bits per heavy atom. The van der Waals surface area contributed by atoms with Crippen LogP contribution in [-0.4, -0.2) is 31.2 Å². The lowest BCUT2D eigenvalue weighted by atomic mass is 9.93. The van der Waals surface area contributed by atoms with Crippen molar-refractivity contribution in [1.82, 2.24) is 10.6 Å². The van der Waals surface area contributed by atoms with Crippen molar-refractivity contribution in [1.29, 1.82) is 0 Å². The van der Waals surface area contributed by atoms with Crippen LogP contribution in [0.2, 0.25) is 0 Å². The van der Waals surface area contributed by atoms with Gasteiger partial charge in [-0.3, -0.25) is 0 Å². The largest absolute Gasteiger partial charge is 0.459 e. The minimum absolute atomic E-state index is 0.219. The predicted octanol–water partition coefficient (Wildman–Crippen LogP) is 3.65. The van der Waals surface area contributed by atoms with E-state index in [1.54, 1.807) is 0 Å². The molecule has 2 N–H and O–H groups in total. The van der Waals surface area contributed by atoms with Crippen molar-refractivity contribution in [2.45, 2.75) is 58.6 Å². The van der Waals surface area contributed by atoms with Crippen molar-refractivity contribution in [3.8, 4) is 0 Å². The topological polar surface area (TPSA) is 70.7 Å². The van der Waals surface area contributed by atoms with Gasteiger partial charge in [0.2, 0.25) is 0 Å². The van der Waals surface area contributed by atoms with Crippen LogP contribution >= 0.6 is 0 Å². The molecular formula is C21H29N3O3. The number of nitrogens with one attached hydrogen (secondary N) is 2. The lowest BCUT2D eigenvalue weighted by Crippen LogP contribution is -2.46. The van der Waals surface area contributed by atoms with Crippen molar-refractivity contribution in [2.75, 3.05) is 18.0 Å². The Bertz CT molecular complexity index is 719. The first-order valence-corrected chi connectivity index (χ1v) is 9.86. The molecule has 6 heteroatoms. The van der Waals surface area contributed by atoms with Crippen molar-refractivity contribution >= 4 is 17.7 Å². The van der Waals surface area contributed by atoms with Crippen LogP contribution in [0.15, 0.2) is 35.5 Å². The number of allylic oxidation sites excluding steroid dienone is 1. The zero-order valence-corrected chi connectivity index (χ0v) is 16.4. The molecule has 1 fully saturated rings. The van der Waals surface area contributed by atoms with Crippen LogP contribution in [0.4, 0.5) is 10.5 Å². The molecule has 0 aliphatic carbocycles. The highest BCUT2D eigenvalue weighted by Crippen LogP contribution is 2.31. The molecule has 1 unspecified atom stereocenters. The summed E-state index contributed by atoms with van der Waals surface area (Å²) in [5.41, 5.74) is 3.22. The average Bonchev–Trinajstić information content (AvgIpc) is 3.15. The third-order valence-electron chi connectivity index (χ3n) is 4.91. The molecular weight excluding hydrogens is 342 g/mol. The summed E-state index contributed by atoms with van der Waals surface area (Å²) in [7, 11) is 0. The first kappa shape index (κ1) is 19.3. The Hall–Kier alpha value is -2.50. The minimum Gasteiger partial charge on any atom is -0.459 e. The number of amides is 2. The van der Waals surface area contributed by atoms with E-state index < -0.39 is 6.04 Å². The summed E-state index contributed by atoms with van der Waals surface area (Å²) in [6.07, 6.45) is 3.68. The molecule has 1 aromatic carbocycles. The van der Waals surface area contributed by atoms with Gasteiger partial charge in [0.05, 0.1) is 17.7 Å². The fourth-order valence-corrected chi connectivity index (χ4v) is 3.69. The van der Waals surface area contributed by atoms with Gasteiger partial charge in [0.15, 0.2) is 0 Å². The number of hydrogen-bond acceptors (Lipinski definition) is 4. The number of nitrogens with zero attached hydrogens (tertiary/aromatic N) is 1. The highest BCUT2D eigenvalue weighted by Gasteiger charge is 2.33. The SMILES string of the molecule is CCCC1=C(C(=O)OC(C)C)C(c2ccc(N3CCCC3)cc2)NC(=O)N1. The molecule has 2 aliphatic heterocycles. The van der Waals surface area contributed by atoms with Crippen molar-refractivity contribution in [3.63, 3.8) is 0 Å². The molecule has 0 bridgehead atoms. The third-order valence-corrected chi connectivity index (χ3v) is 4.91. The van der Waals surface area contributed by atoms with Gasteiger partial charge in [-0.2, -0.15) is 0 Å². The number of rotatable bonds is 6. The number of carbonyl (C=O) groups is 2. The zero-order valence-electron chi connectivity index (χ0n) is 16.4. The number of benzene rings is 1. The highest BCUT2D eigenvalue weighted by molar-refractivity contribution is 5.95. The quantitative estimate of drug-likeness (QED) is 0.749. The van der Waals surface area contributed by atoms with Gasteiger partial charge in [-0.15, -0.1) is 0 Å². The molecule has 2 heterocycles. The van der Waals surface area contributed by atoms with E-state index in [0.29, 0.717) is 17.7 Å². The standard InChI is InChI=1S/C21H29N3O3/c1-4-7-17-18(20(25)27-14(2)3)19(23-21(26)22-17)15-8-10-16(11-9-15)24-12-5-6-13-24/h8-11,14,19H,4-7,12-13H2,1-3H3,(H2,22,23,26). The van der Waals surface area contributed by atoms with Gasteiger partial charge in [0.25, 0.3) is 0 Å². The molecule has 0 radical (unpaired) electrons. The van der Waals surface area contributed by atoms with Gasteiger partial charge in [-0.05, 0) is 50.8 Å². The molecule has 0 saturated carbocycles. The third kappa shape index (κ3) is 4.43. The number of ether oxygens (including phenoxy) is 1. The van der Waals surface area contributed by atoms with Crippen LogP contribution in [0.5, 0.6) is 0 Å². The zero-order chi connectivity index (χ0) is 19.4.